The first-order chi connectivity index (χ1) is 29.3. The molecule has 4 heterocycles. The highest BCUT2D eigenvalue weighted by Gasteiger charge is 2.56. The molecular weight excluding hydrogens is 852 g/mol. The average Bonchev–Trinajstić information content (AvgIpc) is 3.24. The minimum atomic E-state index is -2.17. The third-order valence-corrected chi connectivity index (χ3v) is 10.8. The lowest BCUT2D eigenvalue weighted by atomic mass is 9.94. The number of rotatable bonds is 19. The van der Waals surface area contributed by atoms with E-state index in [2.05, 4.69) is 10.6 Å². The Hall–Kier alpha value is -2.02. The van der Waals surface area contributed by atoms with Crippen LogP contribution in [0.1, 0.15) is 13.8 Å². The second kappa shape index (κ2) is 23.4. The van der Waals surface area contributed by atoms with E-state index in [-0.39, 0.29) is 0 Å². The summed E-state index contributed by atoms with van der Waals surface area (Å²) in [5, 5.41) is 172. The first-order valence-corrected chi connectivity index (χ1v) is 19.5. The summed E-state index contributed by atoms with van der Waals surface area (Å²) in [5.74, 6) is -1.57. The number of aliphatic hydroxyl groups is 16. The summed E-state index contributed by atoms with van der Waals surface area (Å²) in [4.78, 5) is 24.4. The van der Waals surface area contributed by atoms with Crippen LogP contribution in [-0.4, -0.2) is 280 Å². The summed E-state index contributed by atoms with van der Waals surface area (Å²) >= 11 is 0. The summed E-state index contributed by atoms with van der Waals surface area (Å²) in [7, 11) is 0. The number of amides is 2. The Kier molecular flexibility index (Phi) is 19.9. The van der Waals surface area contributed by atoms with E-state index in [1.165, 1.54) is 0 Å². The van der Waals surface area contributed by atoms with Gasteiger partial charge in [0.2, 0.25) is 11.8 Å². The molecular formula is C34H60N2O26. The molecule has 4 rings (SSSR count). The van der Waals surface area contributed by atoms with Crippen molar-refractivity contribution >= 4 is 11.8 Å². The van der Waals surface area contributed by atoms with Crippen LogP contribution in [0.4, 0.5) is 0 Å². The Bertz CT molecular complexity index is 1390. The second-order valence-electron chi connectivity index (χ2n) is 15.2. The standard InChI is InChI=1S/C34H60N2O26/c1-9(43)35-17-23(51)20(48)13(5-39)55-31(17)61-30-22(50)15(7-41)57-34(26(30)54)60-28-16(8-42)58-32(18(24(28)52)36-10(2)44)62-29-21(49)14(6-40)56-33(25(29)53)59-27(12(46)4-38)19(47)11(45)3-37/h11-34,37-42,45-54H,3-8H2,1-2H3,(H,35,43)(H,36,44)/t11-,12+,13+,14+,15+,16+,17+,18+,19+,20+,21-,22-,23+,24+,25+,26+,27+,28+,29-,30-,31-,32-,33-,34-/m0/s1. The number of carbonyl (C=O) groups is 2. The normalized spacial score (nSPS) is 43.6. The van der Waals surface area contributed by atoms with Gasteiger partial charge in [-0.05, 0) is 0 Å². The molecule has 4 saturated heterocycles. The van der Waals surface area contributed by atoms with Crippen LogP contribution in [0.5, 0.6) is 0 Å². The van der Waals surface area contributed by atoms with E-state index in [4.69, 9.17) is 37.9 Å². The van der Waals surface area contributed by atoms with Gasteiger partial charge in [0, 0.05) is 13.8 Å². The fraction of sp³-hybridized carbons (Fsp3) is 0.941. The molecule has 4 fully saturated rings. The summed E-state index contributed by atoms with van der Waals surface area (Å²) in [5.41, 5.74) is 0. The van der Waals surface area contributed by atoms with Crippen molar-refractivity contribution in [1.29, 1.82) is 0 Å². The largest absolute Gasteiger partial charge is 0.394 e. The molecule has 0 unspecified atom stereocenters. The first kappa shape index (κ1) is 52.6. The topological polar surface area (TPSA) is 456 Å². The molecule has 0 saturated carbocycles. The van der Waals surface area contributed by atoms with Gasteiger partial charge >= 0.3 is 0 Å². The molecule has 18 N–H and O–H groups in total. The van der Waals surface area contributed by atoms with Crippen molar-refractivity contribution < 1.29 is 129 Å². The molecule has 62 heavy (non-hydrogen) atoms. The lowest BCUT2D eigenvalue weighted by Crippen LogP contribution is -2.70. The highest BCUT2D eigenvalue weighted by atomic mass is 16.8. The monoisotopic (exact) mass is 912 g/mol. The molecule has 24 atom stereocenters. The molecule has 0 bridgehead atoms. The van der Waals surface area contributed by atoms with Gasteiger partial charge in [0.05, 0.1) is 39.6 Å². The zero-order valence-electron chi connectivity index (χ0n) is 33.3. The van der Waals surface area contributed by atoms with Crippen molar-refractivity contribution in [2.24, 2.45) is 0 Å². The van der Waals surface area contributed by atoms with Crippen LogP contribution in [0, 0.1) is 0 Å². The Morgan fingerprint density at radius 3 is 1.32 bits per heavy atom. The fourth-order valence-corrected chi connectivity index (χ4v) is 7.43. The van der Waals surface area contributed by atoms with Gasteiger partial charge in [0.15, 0.2) is 25.2 Å². The Balaban J connectivity index is 1.60. The first-order valence-electron chi connectivity index (χ1n) is 19.5. The van der Waals surface area contributed by atoms with Crippen LogP contribution in [0.25, 0.3) is 0 Å². The Morgan fingerprint density at radius 1 is 0.484 bits per heavy atom. The number of nitrogens with one attached hydrogen (secondary N) is 2. The molecule has 4 aliphatic rings. The molecule has 0 aromatic rings. The van der Waals surface area contributed by atoms with Crippen molar-refractivity contribution in [2.75, 3.05) is 39.6 Å². The van der Waals surface area contributed by atoms with Crippen molar-refractivity contribution in [1.82, 2.24) is 10.6 Å². The third-order valence-electron chi connectivity index (χ3n) is 10.8. The zero-order chi connectivity index (χ0) is 46.3. The fourth-order valence-electron chi connectivity index (χ4n) is 7.43. The maximum Gasteiger partial charge on any atom is 0.217 e. The highest BCUT2D eigenvalue weighted by Crippen LogP contribution is 2.35. The average molecular weight is 913 g/mol. The van der Waals surface area contributed by atoms with E-state index in [0.29, 0.717) is 0 Å². The molecule has 0 aliphatic carbocycles. The number of hydrogen-bond acceptors (Lipinski definition) is 26. The SMILES string of the molecule is CC(=O)N[C@H]1[C@H](O[C@H]2[C@@H](O)[C@@H](CO)O[C@@H](O[C@@H]([C@H](O)[C@@H](O)CO)[C@H](O)CO)[C@@H]2O)O[C@H](CO)[C@@H](O[C@@H]2O[C@H](CO)[C@H](O)[C@H](O[C@@H]3O[C@H](CO)[C@@H](O)[C@H](O)[C@H]3NC(C)=O)[C@H]2O)[C@@H]1O. The Labute approximate surface area is 352 Å². The predicted molar refractivity (Wildman–Crippen MR) is 192 cm³/mol. The van der Waals surface area contributed by atoms with Crippen LogP contribution in [0.3, 0.4) is 0 Å². The van der Waals surface area contributed by atoms with Gasteiger partial charge in [-0.15, -0.1) is 0 Å². The van der Waals surface area contributed by atoms with Crippen molar-refractivity contribution in [3.8, 4) is 0 Å². The number of aliphatic hydroxyl groups excluding tert-OH is 16. The minimum absolute atomic E-state index is 0.732. The van der Waals surface area contributed by atoms with Crippen LogP contribution >= 0.6 is 0 Å². The quantitative estimate of drug-likeness (QED) is 0.0572. The van der Waals surface area contributed by atoms with E-state index in [0.717, 1.165) is 13.8 Å². The number of ether oxygens (including phenoxy) is 8. The van der Waals surface area contributed by atoms with Gasteiger partial charge in [0.1, 0.15) is 122 Å². The number of hydrogen-bond donors (Lipinski definition) is 18. The summed E-state index contributed by atoms with van der Waals surface area (Å²) in [6, 6.07) is -3.31. The van der Waals surface area contributed by atoms with E-state index < -0.39 is 199 Å². The molecule has 362 valence electrons. The molecule has 0 spiro atoms. The van der Waals surface area contributed by atoms with E-state index in [9.17, 15) is 91.3 Å². The maximum atomic E-state index is 12.4. The van der Waals surface area contributed by atoms with Gasteiger partial charge in [-0.1, -0.05) is 0 Å². The van der Waals surface area contributed by atoms with Gasteiger partial charge < -0.3 is 130 Å². The lowest BCUT2D eigenvalue weighted by molar-refractivity contribution is -0.380. The van der Waals surface area contributed by atoms with Gasteiger partial charge in [-0.2, -0.15) is 0 Å². The molecule has 2 amide bonds. The van der Waals surface area contributed by atoms with Crippen LogP contribution < -0.4 is 10.6 Å². The van der Waals surface area contributed by atoms with Gasteiger partial charge in [0.25, 0.3) is 0 Å². The molecule has 0 radical (unpaired) electrons. The van der Waals surface area contributed by atoms with Crippen molar-refractivity contribution in [2.45, 2.75) is 161 Å². The summed E-state index contributed by atoms with van der Waals surface area (Å²) < 4.78 is 45.3. The summed E-state index contributed by atoms with van der Waals surface area (Å²) in [6.45, 7) is -3.87. The van der Waals surface area contributed by atoms with Gasteiger partial charge in [-0.3, -0.25) is 9.59 Å². The lowest BCUT2D eigenvalue weighted by Gasteiger charge is -2.50. The third kappa shape index (κ3) is 11.9. The summed E-state index contributed by atoms with van der Waals surface area (Å²) in [6.07, 6.45) is -41.7. The Morgan fingerprint density at radius 2 is 0.871 bits per heavy atom. The highest BCUT2D eigenvalue weighted by molar-refractivity contribution is 5.73. The van der Waals surface area contributed by atoms with Gasteiger partial charge in [-0.25, -0.2) is 0 Å². The molecule has 0 aromatic heterocycles. The molecule has 28 heteroatoms. The minimum Gasteiger partial charge on any atom is -0.394 e. The second-order valence-corrected chi connectivity index (χ2v) is 15.2. The predicted octanol–water partition coefficient (Wildman–Crippen LogP) is -12.0. The molecule has 4 aliphatic heterocycles. The van der Waals surface area contributed by atoms with Crippen molar-refractivity contribution in [3.05, 3.63) is 0 Å². The smallest absolute Gasteiger partial charge is 0.217 e. The number of carbonyl (C=O) groups excluding carboxylic acids is 2. The van der Waals surface area contributed by atoms with Crippen LogP contribution in [0.2, 0.25) is 0 Å². The van der Waals surface area contributed by atoms with E-state index in [1.54, 1.807) is 0 Å². The van der Waals surface area contributed by atoms with Crippen LogP contribution in [0.15, 0.2) is 0 Å². The van der Waals surface area contributed by atoms with E-state index in [1.807, 2.05) is 0 Å². The molecule has 28 nitrogen and oxygen atoms in total. The maximum absolute atomic E-state index is 12.4. The molecule has 0 aromatic carbocycles. The zero-order valence-corrected chi connectivity index (χ0v) is 33.3. The van der Waals surface area contributed by atoms with E-state index >= 15 is 0 Å². The van der Waals surface area contributed by atoms with Crippen molar-refractivity contribution in [3.63, 3.8) is 0 Å². The van der Waals surface area contributed by atoms with Crippen LogP contribution in [-0.2, 0) is 47.5 Å².